The maximum Gasteiger partial charge on any atom is 0.451 e. The highest BCUT2D eigenvalue weighted by Gasteiger charge is 2.34. The minimum atomic E-state index is -4.68. The Kier molecular flexibility index (Phi) is 6.48. The van der Waals surface area contributed by atoms with E-state index in [2.05, 4.69) is 35.4 Å². The molecule has 0 spiro atoms. The summed E-state index contributed by atoms with van der Waals surface area (Å²) in [6, 6.07) is 3.55. The molecule has 5 rings (SSSR count). The lowest BCUT2D eigenvalue weighted by atomic mass is 10.2. The van der Waals surface area contributed by atoms with E-state index in [1.807, 2.05) is 0 Å². The number of amides is 1. The molecule has 0 saturated heterocycles. The Morgan fingerprint density at radius 3 is 2.50 bits per heavy atom. The van der Waals surface area contributed by atoms with E-state index in [0.29, 0.717) is 0 Å². The van der Waals surface area contributed by atoms with Crippen molar-refractivity contribution < 1.29 is 22.5 Å². The van der Waals surface area contributed by atoms with E-state index < -0.39 is 35.2 Å². The van der Waals surface area contributed by atoms with Gasteiger partial charge in [0.15, 0.2) is 17.0 Å². The monoisotopic (exact) mass is 556 g/mol. The lowest BCUT2D eigenvalue weighted by Crippen LogP contribution is -2.40. The molecular formula is C23H19F3N10O4. The molecule has 0 bridgehead atoms. The molecule has 0 radical (unpaired) electrons. The number of hydrogen-bond donors (Lipinski definition) is 1. The average molecular weight is 556 g/mol. The van der Waals surface area contributed by atoms with Crippen molar-refractivity contribution in [3.63, 3.8) is 0 Å². The van der Waals surface area contributed by atoms with Crippen molar-refractivity contribution in [1.29, 1.82) is 0 Å². The van der Waals surface area contributed by atoms with Gasteiger partial charge < -0.3 is 14.4 Å². The number of halogens is 3. The quantitative estimate of drug-likeness (QED) is 0.325. The summed E-state index contributed by atoms with van der Waals surface area (Å²) in [5.41, 5.74) is -0.875. The highest BCUT2D eigenvalue weighted by Crippen LogP contribution is 2.27. The number of alkyl halides is 3. The van der Waals surface area contributed by atoms with Gasteiger partial charge >= 0.3 is 11.9 Å². The molecule has 0 aliphatic heterocycles. The van der Waals surface area contributed by atoms with Crippen molar-refractivity contribution in [3.05, 3.63) is 75.3 Å². The molecule has 40 heavy (non-hydrogen) atoms. The van der Waals surface area contributed by atoms with E-state index >= 15 is 0 Å². The number of hydrogen-bond acceptors (Lipinski definition) is 10. The van der Waals surface area contributed by atoms with Gasteiger partial charge in [-0.3, -0.25) is 18.7 Å². The van der Waals surface area contributed by atoms with E-state index in [9.17, 15) is 27.6 Å². The zero-order valence-electron chi connectivity index (χ0n) is 21.0. The minimum absolute atomic E-state index is 0.00594. The SMILES string of the molecule is Cc1nc(Cn2c(=O)c3c(ncn3[C@@H](C)C(=O)Nc3cccc(-c4cnc(C(F)(F)F)nc4)n3)n(C)c2=O)no1. The average Bonchev–Trinajstić information content (AvgIpc) is 3.55. The fourth-order valence-corrected chi connectivity index (χ4v) is 3.90. The molecule has 5 aromatic rings. The van der Waals surface area contributed by atoms with E-state index in [1.54, 1.807) is 13.0 Å². The maximum absolute atomic E-state index is 13.3. The van der Waals surface area contributed by atoms with Gasteiger partial charge in [0.2, 0.25) is 17.6 Å². The third-order valence-corrected chi connectivity index (χ3v) is 5.93. The van der Waals surface area contributed by atoms with Crippen LogP contribution in [0.15, 0.2) is 51.0 Å². The molecule has 206 valence electrons. The molecule has 5 aromatic heterocycles. The van der Waals surface area contributed by atoms with Crippen LogP contribution < -0.4 is 16.6 Å². The number of aryl methyl sites for hydroxylation is 2. The maximum atomic E-state index is 13.3. The third-order valence-electron chi connectivity index (χ3n) is 5.93. The first-order valence-corrected chi connectivity index (χ1v) is 11.6. The molecule has 5 heterocycles. The van der Waals surface area contributed by atoms with Gasteiger partial charge in [-0.05, 0) is 19.1 Å². The number of carbonyl (C=O) groups excluding carboxylic acids is 1. The molecule has 0 aromatic carbocycles. The summed E-state index contributed by atoms with van der Waals surface area (Å²) in [6.45, 7) is 2.83. The van der Waals surface area contributed by atoms with Crippen molar-refractivity contribution in [3.8, 4) is 11.3 Å². The second-order valence-electron chi connectivity index (χ2n) is 8.65. The molecular weight excluding hydrogens is 537 g/mol. The first-order chi connectivity index (χ1) is 18.9. The van der Waals surface area contributed by atoms with Gasteiger partial charge in [-0.15, -0.1) is 0 Å². The van der Waals surface area contributed by atoms with Crippen molar-refractivity contribution in [2.75, 3.05) is 5.32 Å². The Labute approximate surface area is 221 Å². The summed E-state index contributed by atoms with van der Waals surface area (Å²) in [6.07, 6.45) is -1.45. The van der Waals surface area contributed by atoms with Gasteiger partial charge in [0.25, 0.3) is 5.56 Å². The molecule has 0 saturated carbocycles. The molecule has 17 heteroatoms. The van der Waals surface area contributed by atoms with Crippen LogP contribution in [0.25, 0.3) is 22.4 Å². The standard InChI is InChI=1S/C23H19F3N10O4/c1-11(19(37)32-15-6-4-5-14(31-15)13-7-27-21(28-8-13)23(24,25)26)36-10-29-18-17(36)20(38)35(22(39)34(18)3)9-16-30-12(2)40-33-16/h4-8,10-11H,9H2,1-3H3,(H,31,32,37)/t11-/m0/s1. The molecule has 0 aliphatic rings. The number of carbonyl (C=O) groups is 1. The van der Waals surface area contributed by atoms with Crippen molar-refractivity contribution in [2.24, 2.45) is 7.05 Å². The predicted octanol–water partition coefficient (Wildman–Crippen LogP) is 1.71. The summed E-state index contributed by atoms with van der Waals surface area (Å²) in [5, 5.41) is 6.34. The Morgan fingerprint density at radius 1 is 1.12 bits per heavy atom. The summed E-state index contributed by atoms with van der Waals surface area (Å²) in [4.78, 5) is 58.4. The zero-order chi connectivity index (χ0) is 28.8. The first kappa shape index (κ1) is 26.4. The second kappa shape index (κ2) is 9.83. The van der Waals surface area contributed by atoms with Crippen molar-refractivity contribution in [2.45, 2.75) is 32.6 Å². The molecule has 14 nitrogen and oxygen atoms in total. The number of rotatable bonds is 6. The number of imidazole rings is 1. The van der Waals surface area contributed by atoms with E-state index in [4.69, 9.17) is 4.52 Å². The molecule has 1 amide bonds. The Morgan fingerprint density at radius 2 is 1.85 bits per heavy atom. The number of nitrogens with zero attached hydrogens (tertiary/aromatic N) is 9. The van der Waals surface area contributed by atoms with Crippen LogP contribution in [0.1, 0.15) is 30.5 Å². The van der Waals surface area contributed by atoms with Crippen LogP contribution in [0, 0.1) is 6.92 Å². The summed E-state index contributed by atoms with van der Waals surface area (Å²) >= 11 is 0. The fraction of sp³-hybridized carbons (Fsp3) is 0.261. The smallest absolute Gasteiger partial charge is 0.340 e. The van der Waals surface area contributed by atoms with Gasteiger partial charge in [0.1, 0.15) is 11.9 Å². The van der Waals surface area contributed by atoms with Crippen LogP contribution in [0.4, 0.5) is 19.0 Å². The lowest BCUT2D eigenvalue weighted by Gasteiger charge is -2.15. The topological polar surface area (TPSA) is 169 Å². The van der Waals surface area contributed by atoms with Crippen LogP contribution >= 0.6 is 0 Å². The van der Waals surface area contributed by atoms with Crippen molar-refractivity contribution >= 4 is 22.9 Å². The Hall–Kier alpha value is -5.22. The first-order valence-electron chi connectivity index (χ1n) is 11.6. The largest absolute Gasteiger partial charge is 0.451 e. The number of aromatic nitrogens is 9. The second-order valence-corrected chi connectivity index (χ2v) is 8.65. The van der Waals surface area contributed by atoms with Crippen LogP contribution in [0.2, 0.25) is 0 Å². The molecule has 0 aliphatic carbocycles. The highest BCUT2D eigenvalue weighted by molar-refractivity contribution is 5.93. The summed E-state index contributed by atoms with van der Waals surface area (Å²) in [5.74, 6) is -1.39. The lowest BCUT2D eigenvalue weighted by molar-refractivity contribution is -0.145. The highest BCUT2D eigenvalue weighted by atomic mass is 19.4. The van der Waals surface area contributed by atoms with Gasteiger partial charge in [-0.2, -0.15) is 18.2 Å². The normalized spacial score (nSPS) is 12.6. The number of anilines is 1. The van der Waals surface area contributed by atoms with Gasteiger partial charge in [0, 0.05) is 31.9 Å². The van der Waals surface area contributed by atoms with E-state index in [-0.39, 0.29) is 46.5 Å². The zero-order valence-corrected chi connectivity index (χ0v) is 21.0. The third kappa shape index (κ3) is 4.83. The summed E-state index contributed by atoms with van der Waals surface area (Å²) < 4.78 is 46.6. The summed E-state index contributed by atoms with van der Waals surface area (Å²) in [7, 11) is 1.44. The number of nitrogens with one attached hydrogen (secondary N) is 1. The minimum Gasteiger partial charge on any atom is -0.340 e. The van der Waals surface area contributed by atoms with Crippen molar-refractivity contribution in [1.82, 2.24) is 43.8 Å². The van der Waals surface area contributed by atoms with Gasteiger partial charge in [0.05, 0.1) is 18.6 Å². The molecule has 0 unspecified atom stereocenters. The van der Waals surface area contributed by atoms with Crippen LogP contribution in [-0.2, 0) is 24.6 Å². The molecule has 0 fully saturated rings. The molecule has 1 N–H and O–H groups in total. The molecule has 1 atom stereocenters. The Balaban J connectivity index is 1.43. The van der Waals surface area contributed by atoms with Crippen LogP contribution in [0.5, 0.6) is 0 Å². The Bertz CT molecular complexity index is 1850. The number of fused-ring (bicyclic) bond motifs is 1. The van der Waals surface area contributed by atoms with Gasteiger partial charge in [-0.1, -0.05) is 11.2 Å². The van der Waals surface area contributed by atoms with E-state index in [1.165, 1.54) is 41.6 Å². The van der Waals surface area contributed by atoms with Crippen LogP contribution in [0.3, 0.4) is 0 Å². The van der Waals surface area contributed by atoms with Gasteiger partial charge in [-0.25, -0.2) is 24.7 Å². The van der Waals surface area contributed by atoms with Crippen LogP contribution in [-0.4, -0.2) is 49.7 Å². The van der Waals surface area contributed by atoms with E-state index in [0.717, 1.165) is 17.0 Å². The predicted molar refractivity (Wildman–Crippen MR) is 131 cm³/mol. The fourth-order valence-electron chi connectivity index (χ4n) is 3.90. The number of pyridine rings is 1.